The van der Waals surface area contributed by atoms with E-state index >= 15 is 0 Å². The van der Waals surface area contributed by atoms with Gasteiger partial charge in [-0.3, -0.25) is 5.32 Å². The second-order valence-corrected chi connectivity index (χ2v) is 5.40. The second kappa shape index (κ2) is 4.53. The van der Waals surface area contributed by atoms with E-state index < -0.39 is 17.3 Å². The predicted octanol–water partition coefficient (Wildman–Crippen LogP) is 1.20. The van der Waals surface area contributed by atoms with Crippen molar-refractivity contribution in [2.75, 3.05) is 0 Å². The zero-order chi connectivity index (χ0) is 13.3. The molecule has 0 aliphatic carbocycles. The average Bonchev–Trinajstić information content (AvgIpc) is 2.47. The number of amidine groups is 1. The lowest BCUT2D eigenvalue weighted by molar-refractivity contribution is 0.0563. The summed E-state index contributed by atoms with van der Waals surface area (Å²) >= 11 is 0. The van der Waals surface area contributed by atoms with Crippen LogP contribution < -0.4 is 5.32 Å². The fourth-order valence-electron chi connectivity index (χ4n) is 1.18. The van der Waals surface area contributed by atoms with Crippen molar-refractivity contribution in [1.29, 1.82) is 0 Å². The van der Waals surface area contributed by atoms with Gasteiger partial charge in [0.25, 0.3) is 0 Å². The van der Waals surface area contributed by atoms with Crippen LogP contribution >= 0.6 is 0 Å². The Morgan fingerprint density at radius 3 is 2.41 bits per heavy atom. The van der Waals surface area contributed by atoms with Crippen LogP contribution in [0.1, 0.15) is 34.6 Å². The molecule has 1 rings (SSSR count). The first-order chi connectivity index (χ1) is 7.58. The molecule has 6 heteroatoms. The number of rotatable bonds is 1. The number of alkyl carbamates (subject to hydrolysis) is 1. The Morgan fingerprint density at radius 2 is 2.00 bits per heavy atom. The normalized spacial score (nSPS) is 15.9. The molecule has 1 radical (unpaired) electrons. The summed E-state index contributed by atoms with van der Waals surface area (Å²) in [5, 5.41) is 12.2. The van der Waals surface area contributed by atoms with Crippen LogP contribution in [0.5, 0.6) is 0 Å². The number of nitrogens with zero attached hydrogens (tertiary/aromatic N) is 1. The topological polar surface area (TPSA) is 70.9 Å². The number of aliphatic imine (C=N–C) groups is 1. The molecule has 2 N–H and O–H groups in total. The van der Waals surface area contributed by atoms with E-state index in [0.29, 0.717) is 11.4 Å². The van der Waals surface area contributed by atoms with Crippen molar-refractivity contribution in [3.05, 3.63) is 11.7 Å². The molecule has 0 bridgehead atoms. The van der Waals surface area contributed by atoms with Crippen molar-refractivity contribution in [1.82, 2.24) is 5.32 Å². The monoisotopic (exact) mass is 237 g/mol. The van der Waals surface area contributed by atoms with Crippen LogP contribution in [-0.4, -0.2) is 35.4 Å². The maximum atomic E-state index is 11.5. The number of hydrogen-bond acceptors (Lipinski definition) is 4. The van der Waals surface area contributed by atoms with E-state index in [1.807, 2.05) is 0 Å². The summed E-state index contributed by atoms with van der Waals surface area (Å²) in [4.78, 5) is 15.5. The van der Waals surface area contributed by atoms with Crippen molar-refractivity contribution in [2.24, 2.45) is 4.99 Å². The van der Waals surface area contributed by atoms with E-state index in [1.165, 1.54) is 0 Å². The van der Waals surface area contributed by atoms with Crippen LogP contribution in [0.3, 0.4) is 0 Å². The number of aliphatic hydroxyl groups is 1. The minimum Gasteiger partial charge on any atom is -0.444 e. The van der Waals surface area contributed by atoms with E-state index in [1.54, 1.807) is 47.9 Å². The molecule has 5 nitrogen and oxygen atoms in total. The molecule has 0 aromatic rings. The number of hydrogen-bond donors (Lipinski definition) is 2. The summed E-state index contributed by atoms with van der Waals surface area (Å²) in [5.41, 5.74) is -0.691. The molecule has 0 unspecified atom stereocenters. The first-order valence-electron chi connectivity index (χ1n) is 5.44. The zero-order valence-corrected chi connectivity index (χ0v) is 10.9. The Hall–Kier alpha value is -1.30. The molecule has 1 aliphatic heterocycles. The summed E-state index contributed by atoms with van der Waals surface area (Å²) in [5.74, 6) is 1.66. The quantitative estimate of drug-likeness (QED) is 0.673. The van der Waals surface area contributed by atoms with Gasteiger partial charge in [-0.25, -0.2) is 9.79 Å². The number of ether oxygens (including phenoxy) is 1. The number of carbonyl (C=O) groups is 1. The molecule has 0 saturated carbocycles. The summed E-state index contributed by atoms with van der Waals surface area (Å²) in [6, 6.07) is 0. The lowest BCUT2D eigenvalue weighted by atomic mass is 9.77. The van der Waals surface area contributed by atoms with Gasteiger partial charge in [-0.15, -0.1) is 0 Å². The van der Waals surface area contributed by atoms with Crippen LogP contribution in [0, 0.1) is 0 Å². The molecule has 1 aliphatic rings. The molecule has 93 valence electrons. The highest BCUT2D eigenvalue weighted by molar-refractivity contribution is 6.80. The first-order valence-corrected chi connectivity index (χ1v) is 5.44. The predicted molar refractivity (Wildman–Crippen MR) is 66.9 cm³/mol. The van der Waals surface area contributed by atoms with Gasteiger partial charge in [-0.2, -0.15) is 0 Å². The molecule has 0 aromatic carbocycles. The first kappa shape index (κ1) is 13.8. The Morgan fingerprint density at radius 1 is 1.41 bits per heavy atom. The van der Waals surface area contributed by atoms with Crippen molar-refractivity contribution in [3.63, 3.8) is 0 Å². The number of carbonyl (C=O) groups excluding carboxylic acids is 1. The zero-order valence-electron chi connectivity index (χ0n) is 10.9. The maximum absolute atomic E-state index is 11.5. The van der Waals surface area contributed by atoms with Crippen LogP contribution in [0.2, 0.25) is 0 Å². The van der Waals surface area contributed by atoms with E-state index in [2.05, 4.69) is 10.3 Å². The molecule has 0 spiro atoms. The SMILES string of the molecule is CC(C)(C)OC(=O)NC1=NC(C(C)(C)O)=C[B]1. The standard InChI is InChI=1S/C11H18BN2O3/c1-10(2,3)17-9(15)14-8-12-6-7(13-8)11(4,5)16/h6,16H,1-5H3,(H,13,14,15). The fraction of sp³-hybridized carbons (Fsp3) is 0.636. The molecule has 0 fully saturated rings. The average molecular weight is 237 g/mol. The minimum absolute atomic E-state index is 0.372. The molecule has 0 atom stereocenters. The van der Waals surface area contributed by atoms with Gasteiger partial charge in [-0.1, -0.05) is 5.98 Å². The summed E-state index contributed by atoms with van der Waals surface area (Å²) in [6.07, 6.45) is -0.558. The Kier molecular flexibility index (Phi) is 3.67. The van der Waals surface area contributed by atoms with Gasteiger partial charge >= 0.3 is 6.09 Å². The van der Waals surface area contributed by atoms with E-state index in [-0.39, 0.29) is 0 Å². The Balaban J connectivity index is 2.55. The minimum atomic E-state index is -1.02. The van der Waals surface area contributed by atoms with Crippen LogP contribution in [0.4, 0.5) is 4.79 Å². The van der Waals surface area contributed by atoms with Crippen molar-refractivity contribution >= 4 is 19.1 Å². The van der Waals surface area contributed by atoms with Gasteiger partial charge in [-0.05, 0) is 34.6 Å². The second-order valence-electron chi connectivity index (χ2n) is 5.40. The van der Waals surface area contributed by atoms with Gasteiger partial charge in [0.1, 0.15) is 5.60 Å². The molecule has 17 heavy (non-hydrogen) atoms. The molecule has 0 saturated heterocycles. The highest BCUT2D eigenvalue weighted by Crippen LogP contribution is 2.19. The van der Waals surface area contributed by atoms with E-state index in [0.717, 1.165) is 0 Å². The maximum Gasteiger partial charge on any atom is 0.412 e. The Labute approximate surface area is 102 Å². The summed E-state index contributed by atoms with van der Waals surface area (Å²) in [6.45, 7) is 8.62. The lowest BCUT2D eigenvalue weighted by Crippen LogP contribution is -2.37. The third-order valence-electron chi connectivity index (χ3n) is 1.90. The highest BCUT2D eigenvalue weighted by Gasteiger charge is 2.25. The molecule has 1 heterocycles. The highest BCUT2D eigenvalue weighted by atomic mass is 16.6. The molecule has 1 amide bonds. The smallest absolute Gasteiger partial charge is 0.412 e. The van der Waals surface area contributed by atoms with Gasteiger partial charge in [0.2, 0.25) is 7.28 Å². The third kappa shape index (κ3) is 4.60. The van der Waals surface area contributed by atoms with Gasteiger partial charge in [0.05, 0.1) is 17.0 Å². The Bertz CT molecular complexity index is 375. The van der Waals surface area contributed by atoms with Gasteiger partial charge in [0, 0.05) is 0 Å². The van der Waals surface area contributed by atoms with E-state index in [4.69, 9.17) is 4.74 Å². The van der Waals surface area contributed by atoms with Gasteiger partial charge in [0.15, 0.2) is 0 Å². The number of nitrogens with one attached hydrogen (secondary N) is 1. The lowest BCUT2D eigenvalue weighted by Gasteiger charge is -2.20. The van der Waals surface area contributed by atoms with E-state index in [9.17, 15) is 9.90 Å². The fourth-order valence-corrected chi connectivity index (χ4v) is 1.18. The molecule has 0 aromatic heterocycles. The van der Waals surface area contributed by atoms with Crippen LogP contribution in [-0.2, 0) is 4.74 Å². The van der Waals surface area contributed by atoms with Crippen molar-refractivity contribution in [3.8, 4) is 0 Å². The summed E-state index contributed by atoms with van der Waals surface area (Å²) < 4.78 is 5.08. The van der Waals surface area contributed by atoms with Crippen LogP contribution in [0.15, 0.2) is 16.7 Å². The number of amides is 1. The van der Waals surface area contributed by atoms with Crippen molar-refractivity contribution < 1.29 is 14.6 Å². The molecular weight excluding hydrogens is 219 g/mol. The van der Waals surface area contributed by atoms with Crippen LogP contribution in [0.25, 0.3) is 0 Å². The third-order valence-corrected chi connectivity index (χ3v) is 1.90. The van der Waals surface area contributed by atoms with Gasteiger partial charge < -0.3 is 9.84 Å². The largest absolute Gasteiger partial charge is 0.444 e. The van der Waals surface area contributed by atoms with Crippen molar-refractivity contribution in [2.45, 2.75) is 45.8 Å². The summed E-state index contributed by atoms with van der Waals surface area (Å²) in [7, 11) is 1.62. The molecular formula is C11H18BN2O3.